The van der Waals surface area contributed by atoms with Gasteiger partial charge in [0.15, 0.2) is 11.5 Å². The van der Waals surface area contributed by atoms with E-state index in [0.29, 0.717) is 43.7 Å². The average Bonchev–Trinajstić information content (AvgIpc) is 3.54. The molecular weight excluding hydrogens is 480 g/mol. The van der Waals surface area contributed by atoms with Gasteiger partial charge < -0.3 is 25.0 Å². The highest BCUT2D eigenvalue weighted by Crippen LogP contribution is 2.30. The predicted octanol–water partition coefficient (Wildman–Crippen LogP) is 2.74. The Morgan fingerprint density at radius 3 is 2.87 bits per heavy atom. The van der Waals surface area contributed by atoms with Crippen LogP contribution in [0.3, 0.4) is 0 Å². The lowest BCUT2D eigenvalue weighted by Crippen LogP contribution is -2.51. The molecule has 2 unspecified atom stereocenters. The van der Waals surface area contributed by atoms with Crippen LogP contribution in [-0.2, 0) is 6.42 Å². The van der Waals surface area contributed by atoms with Crippen LogP contribution < -0.4 is 15.0 Å². The lowest BCUT2D eigenvalue weighted by Gasteiger charge is -2.33. The van der Waals surface area contributed by atoms with E-state index in [1.165, 1.54) is 6.42 Å². The van der Waals surface area contributed by atoms with Gasteiger partial charge in [0.2, 0.25) is 0 Å². The number of likely N-dealkylation sites (tertiary alicyclic amines) is 1. The second-order valence-corrected chi connectivity index (χ2v) is 10.2. The summed E-state index contributed by atoms with van der Waals surface area (Å²) in [5.41, 5.74) is 2.66. The molecule has 10 nitrogen and oxygen atoms in total. The largest absolute Gasteiger partial charge is 0.507 e. The van der Waals surface area contributed by atoms with Gasteiger partial charge in [0.1, 0.15) is 12.4 Å². The molecule has 0 spiro atoms. The molecule has 4 heterocycles. The molecule has 4 aromatic rings. The molecular formula is C28H32N8O2. The smallest absolute Gasteiger partial charge is 0.336 e. The van der Waals surface area contributed by atoms with Crippen LogP contribution >= 0.6 is 0 Å². The molecule has 2 aromatic carbocycles. The number of rotatable bonds is 7. The van der Waals surface area contributed by atoms with Gasteiger partial charge in [-0.15, -0.1) is 5.10 Å². The Labute approximate surface area is 221 Å². The Morgan fingerprint density at radius 1 is 1.18 bits per heavy atom. The number of benzene rings is 2. The Balaban J connectivity index is 1.38. The molecule has 0 aliphatic carbocycles. The Morgan fingerprint density at radius 2 is 2.05 bits per heavy atom. The molecule has 196 valence electrons. The number of nitriles is 1. The van der Waals surface area contributed by atoms with Gasteiger partial charge in [0.25, 0.3) is 0 Å². The van der Waals surface area contributed by atoms with Crippen molar-refractivity contribution in [2.45, 2.75) is 37.8 Å². The van der Waals surface area contributed by atoms with Gasteiger partial charge in [-0.05, 0) is 43.5 Å². The summed E-state index contributed by atoms with van der Waals surface area (Å²) in [7, 11) is 2.13. The highest BCUT2D eigenvalue weighted by molar-refractivity contribution is 5.91. The van der Waals surface area contributed by atoms with Crippen molar-refractivity contribution >= 4 is 22.2 Å². The quantitative estimate of drug-likeness (QED) is 0.386. The second kappa shape index (κ2) is 10.4. The minimum absolute atomic E-state index is 0.0677. The van der Waals surface area contributed by atoms with Gasteiger partial charge >= 0.3 is 6.01 Å². The van der Waals surface area contributed by atoms with Gasteiger partial charge in [-0.1, -0.05) is 30.3 Å². The third-order valence-electron chi connectivity index (χ3n) is 7.73. The van der Waals surface area contributed by atoms with E-state index in [4.69, 9.17) is 19.8 Å². The Hall–Kier alpha value is -3.94. The average molecular weight is 513 g/mol. The first-order chi connectivity index (χ1) is 18.6. The summed E-state index contributed by atoms with van der Waals surface area (Å²) >= 11 is 0. The van der Waals surface area contributed by atoms with Crippen LogP contribution in [0.1, 0.15) is 30.5 Å². The number of hydrogen-bond donors (Lipinski definition) is 2. The number of ether oxygens (including phenoxy) is 1. The zero-order valence-electron chi connectivity index (χ0n) is 21.5. The van der Waals surface area contributed by atoms with E-state index in [-0.39, 0.29) is 11.8 Å². The topological polar surface area (TPSA) is 115 Å². The van der Waals surface area contributed by atoms with E-state index < -0.39 is 0 Å². The standard InChI is InChI=1S/C28H32N8O2/c1-34-13-4-5-21(34)18-38-28-32-27(35-14-12-30-20(17-35)10-11-29)26-31-16-22(36(26)33-28)15-19-8-9-25(37)24-7-3-2-6-23(19)24/h2-3,6-9,16,20-21,30,37H,4-5,10,12-15,17-18H2,1H3. The molecule has 2 saturated heterocycles. The molecule has 2 aromatic heterocycles. The molecule has 0 amide bonds. The van der Waals surface area contributed by atoms with Crippen LogP contribution in [0.4, 0.5) is 5.82 Å². The van der Waals surface area contributed by atoms with E-state index in [1.807, 2.05) is 41.0 Å². The summed E-state index contributed by atoms with van der Waals surface area (Å²) in [5, 5.41) is 29.6. The van der Waals surface area contributed by atoms with E-state index >= 15 is 0 Å². The molecule has 2 N–H and O–H groups in total. The van der Waals surface area contributed by atoms with Crippen molar-refractivity contribution in [3.8, 4) is 17.8 Å². The van der Waals surface area contributed by atoms with Crippen molar-refractivity contribution in [1.82, 2.24) is 29.8 Å². The fourth-order valence-electron chi connectivity index (χ4n) is 5.61. The van der Waals surface area contributed by atoms with E-state index in [1.54, 1.807) is 6.07 Å². The highest BCUT2D eigenvalue weighted by Gasteiger charge is 2.26. The van der Waals surface area contributed by atoms with Gasteiger partial charge in [-0.2, -0.15) is 10.2 Å². The summed E-state index contributed by atoms with van der Waals surface area (Å²) in [6.45, 7) is 3.79. The van der Waals surface area contributed by atoms with Crippen LogP contribution in [0.15, 0.2) is 42.6 Å². The van der Waals surface area contributed by atoms with Crippen LogP contribution in [0.25, 0.3) is 16.4 Å². The molecule has 2 atom stereocenters. The third-order valence-corrected chi connectivity index (χ3v) is 7.73. The van der Waals surface area contributed by atoms with Crippen LogP contribution in [0.2, 0.25) is 0 Å². The second-order valence-electron chi connectivity index (χ2n) is 10.2. The van der Waals surface area contributed by atoms with Crippen LogP contribution in [-0.4, -0.2) is 81.5 Å². The van der Waals surface area contributed by atoms with Crippen molar-refractivity contribution in [3.05, 3.63) is 53.9 Å². The summed E-state index contributed by atoms with van der Waals surface area (Å²) in [5.74, 6) is 0.992. The number of aromatic nitrogens is 4. The van der Waals surface area contributed by atoms with E-state index in [9.17, 15) is 10.4 Å². The summed E-state index contributed by atoms with van der Waals surface area (Å²) in [6, 6.07) is 14.6. The molecule has 0 bridgehead atoms. The maximum atomic E-state index is 10.3. The monoisotopic (exact) mass is 512 g/mol. The fourth-order valence-corrected chi connectivity index (χ4v) is 5.61. The summed E-state index contributed by atoms with van der Waals surface area (Å²) in [6.07, 6.45) is 5.13. The molecule has 2 aliphatic rings. The zero-order chi connectivity index (χ0) is 26.1. The van der Waals surface area contributed by atoms with Gasteiger partial charge in [0, 0.05) is 43.5 Å². The zero-order valence-corrected chi connectivity index (χ0v) is 21.5. The number of imidazole rings is 1. The first kappa shape index (κ1) is 24.4. The van der Waals surface area contributed by atoms with Gasteiger partial charge in [-0.3, -0.25) is 0 Å². The maximum Gasteiger partial charge on any atom is 0.336 e. The van der Waals surface area contributed by atoms with Crippen molar-refractivity contribution in [3.63, 3.8) is 0 Å². The maximum absolute atomic E-state index is 10.3. The van der Waals surface area contributed by atoms with Gasteiger partial charge in [-0.25, -0.2) is 9.50 Å². The molecule has 38 heavy (non-hydrogen) atoms. The lowest BCUT2D eigenvalue weighted by atomic mass is 10.0. The van der Waals surface area contributed by atoms with E-state index in [0.717, 1.165) is 53.9 Å². The number of hydrogen-bond acceptors (Lipinski definition) is 9. The van der Waals surface area contributed by atoms with Crippen LogP contribution in [0.5, 0.6) is 11.8 Å². The number of fused-ring (bicyclic) bond motifs is 2. The lowest BCUT2D eigenvalue weighted by molar-refractivity contribution is 0.185. The van der Waals surface area contributed by atoms with E-state index in [2.05, 4.69) is 28.2 Å². The Bertz CT molecular complexity index is 1500. The first-order valence-corrected chi connectivity index (χ1v) is 13.2. The predicted molar refractivity (Wildman–Crippen MR) is 145 cm³/mol. The number of phenolic OH excluding ortho intramolecular Hbond substituents is 1. The fraction of sp³-hybridized carbons (Fsp3) is 0.429. The molecule has 6 rings (SSSR count). The normalized spacial score (nSPS) is 20.3. The Kier molecular flexibility index (Phi) is 6.70. The molecule has 2 aliphatic heterocycles. The number of nitrogens with one attached hydrogen (secondary N) is 1. The summed E-state index contributed by atoms with van der Waals surface area (Å²) < 4.78 is 8.04. The minimum Gasteiger partial charge on any atom is -0.507 e. The van der Waals surface area contributed by atoms with Crippen molar-refractivity contribution in [2.75, 3.05) is 44.7 Å². The summed E-state index contributed by atoms with van der Waals surface area (Å²) in [4.78, 5) is 14.1. The molecule has 0 radical (unpaired) electrons. The molecule has 0 saturated carbocycles. The van der Waals surface area contributed by atoms with Crippen molar-refractivity contribution < 1.29 is 9.84 Å². The number of aromatic hydroxyl groups is 1. The third kappa shape index (κ3) is 4.71. The van der Waals surface area contributed by atoms with Crippen molar-refractivity contribution in [2.24, 2.45) is 0 Å². The van der Waals surface area contributed by atoms with Crippen LogP contribution in [0, 0.1) is 11.3 Å². The number of phenols is 1. The minimum atomic E-state index is 0.0677. The van der Waals surface area contributed by atoms with Gasteiger partial charge in [0.05, 0.1) is 24.4 Å². The number of piperazine rings is 1. The number of likely N-dealkylation sites (N-methyl/N-ethyl adjacent to an activating group) is 1. The number of anilines is 1. The van der Waals surface area contributed by atoms with Crippen molar-refractivity contribution in [1.29, 1.82) is 5.26 Å². The molecule has 2 fully saturated rings. The molecule has 10 heteroatoms. The SMILES string of the molecule is CN1CCCC1COc1nc(N2CCNC(CC#N)C2)c2ncc(Cc3ccc(O)c4ccccc34)n2n1. The first-order valence-electron chi connectivity index (χ1n) is 13.2. The number of nitrogens with zero attached hydrogens (tertiary/aromatic N) is 7. The highest BCUT2D eigenvalue weighted by atomic mass is 16.5.